The van der Waals surface area contributed by atoms with Crippen molar-refractivity contribution in [3.05, 3.63) is 29.4 Å². The Balaban J connectivity index is 1.50. The highest BCUT2D eigenvalue weighted by atomic mass is 35.5. The molecule has 0 amide bonds. The Labute approximate surface area is 193 Å². The Morgan fingerprint density at radius 3 is 2.42 bits per heavy atom. The lowest BCUT2D eigenvalue weighted by Crippen LogP contribution is -2.42. The summed E-state index contributed by atoms with van der Waals surface area (Å²) in [6.07, 6.45) is 5.78. The third-order valence-corrected chi connectivity index (χ3v) is 5.73. The largest absolute Gasteiger partial charge is 0.495 e. The molecule has 0 aliphatic heterocycles. The highest BCUT2D eigenvalue weighted by molar-refractivity contribution is 7.80. The quantitative estimate of drug-likeness (QED) is 0.528. The molecule has 0 spiro atoms. The van der Waals surface area contributed by atoms with Crippen LogP contribution in [0.2, 0.25) is 5.02 Å². The molecule has 1 saturated carbocycles. The van der Waals surface area contributed by atoms with Crippen molar-refractivity contribution >= 4 is 46.4 Å². The SMILES string of the molecule is COc1cc(OC)c(NC(=S)NC2CCC(Nc3nccc(N(C)C)n3)CC2)cc1Cl. The third-order valence-electron chi connectivity index (χ3n) is 5.22. The van der Waals surface area contributed by atoms with E-state index in [9.17, 15) is 0 Å². The Bertz CT molecular complexity index is 905. The Morgan fingerprint density at radius 2 is 1.77 bits per heavy atom. The summed E-state index contributed by atoms with van der Waals surface area (Å²) >= 11 is 11.7. The van der Waals surface area contributed by atoms with E-state index in [0.717, 1.165) is 31.5 Å². The molecule has 31 heavy (non-hydrogen) atoms. The molecular formula is C21H29ClN6O2S. The highest BCUT2D eigenvalue weighted by Gasteiger charge is 2.22. The van der Waals surface area contributed by atoms with E-state index in [1.165, 1.54) is 0 Å². The van der Waals surface area contributed by atoms with Gasteiger partial charge in [0.25, 0.3) is 0 Å². The summed E-state index contributed by atoms with van der Waals surface area (Å²) in [5.41, 5.74) is 0.694. The van der Waals surface area contributed by atoms with Crippen molar-refractivity contribution in [1.82, 2.24) is 15.3 Å². The van der Waals surface area contributed by atoms with Crippen molar-refractivity contribution in [2.24, 2.45) is 0 Å². The summed E-state index contributed by atoms with van der Waals surface area (Å²) in [6, 6.07) is 6.02. The van der Waals surface area contributed by atoms with Gasteiger partial charge in [-0.15, -0.1) is 0 Å². The zero-order valence-corrected chi connectivity index (χ0v) is 19.8. The van der Waals surface area contributed by atoms with E-state index < -0.39 is 0 Å². The first-order valence-corrected chi connectivity index (χ1v) is 10.9. The third kappa shape index (κ3) is 6.24. The second kappa shape index (κ2) is 10.7. The lowest BCUT2D eigenvalue weighted by atomic mass is 9.91. The van der Waals surface area contributed by atoms with Crippen LogP contribution in [0.5, 0.6) is 11.5 Å². The lowest BCUT2D eigenvalue weighted by Gasteiger charge is -2.30. The molecule has 1 aromatic heterocycles. The first-order valence-electron chi connectivity index (χ1n) is 10.2. The van der Waals surface area contributed by atoms with Crippen LogP contribution in [0.15, 0.2) is 24.4 Å². The molecule has 1 aliphatic carbocycles. The maximum atomic E-state index is 6.24. The number of ether oxygens (including phenoxy) is 2. The molecule has 3 rings (SSSR count). The van der Waals surface area contributed by atoms with Gasteiger partial charge in [0, 0.05) is 38.4 Å². The summed E-state index contributed by atoms with van der Waals surface area (Å²) in [4.78, 5) is 10.8. The van der Waals surface area contributed by atoms with Crippen LogP contribution in [-0.2, 0) is 0 Å². The zero-order valence-electron chi connectivity index (χ0n) is 18.2. The predicted molar refractivity (Wildman–Crippen MR) is 130 cm³/mol. The van der Waals surface area contributed by atoms with Gasteiger partial charge in [-0.05, 0) is 50.0 Å². The van der Waals surface area contributed by atoms with E-state index in [0.29, 0.717) is 45.4 Å². The van der Waals surface area contributed by atoms with E-state index in [4.69, 9.17) is 33.3 Å². The Hall–Kier alpha value is -2.52. The van der Waals surface area contributed by atoms with Crippen molar-refractivity contribution in [2.75, 3.05) is 43.8 Å². The summed E-state index contributed by atoms with van der Waals surface area (Å²) in [5, 5.41) is 11.1. The van der Waals surface area contributed by atoms with Crippen LogP contribution >= 0.6 is 23.8 Å². The molecule has 1 aromatic carbocycles. The normalized spacial score (nSPS) is 18.1. The van der Waals surface area contributed by atoms with Gasteiger partial charge in [0.1, 0.15) is 17.3 Å². The molecule has 10 heteroatoms. The number of nitrogens with one attached hydrogen (secondary N) is 3. The number of rotatable bonds is 7. The van der Waals surface area contributed by atoms with E-state index >= 15 is 0 Å². The molecular weight excluding hydrogens is 436 g/mol. The van der Waals surface area contributed by atoms with Gasteiger partial charge in [-0.25, -0.2) is 4.98 Å². The van der Waals surface area contributed by atoms with E-state index in [-0.39, 0.29) is 0 Å². The number of thiocarbonyl (C=S) groups is 1. The van der Waals surface area contributed by atoms with Crippen molar-refractivity contribution in [3.8, 4) is 11.5 Å². The van der Waals surface area contributed by atoms with Crippen molar-refractivity contribution in [2.45, 2.75) is 37.8 Å². The van der Waals surface area contributed by atoms with Crippen molar-refractivity contribution in [1.29, 1.82) is 0 Å². The molecule has 0 saturated heterocycles. The van der Waals surface area contributed by atoms with Crippen LogP contribution in [0.3, 0.4) is 0 Å². The molecule has 1 fully saturated rings. The van der Waals surface area contributed by atoms with E-state index in [1.807, 2.05) is 25.1 Å². The number of halogens is 1. The molecule has 3 N–H and O–H groups in total. The number of aromatic nitrogens is 2. The van der Waals surface area contributed by atoms with Gasteiger partial charge in [0.05, 0.1) is 24.9 Å². The number of benzene rings is 1. The van der Waals surface area contributed by atoms with Gasteiger partial charge in [-0.2, -0.15) is 4.98 Å². The first kappa shape index (κ1) is 23.1. The minimum Gasteiger partial charge on any atom is -0.495 e. The number of anilines is 3. The maximum absolute atomic E-state index is 6.24. The average Bonchev–Trinajstić information content (AvgIpc) is 2.75. The molecule has 0 unspecified atom stereocenters. The van der Waals surface area contributed by atoms with Gasteiger partial charge in [0.2, 0.25) is 5.95 Å². The van der Waals surface area contributed by atoms with E-state index in [1.54, 1.807) is 32.5 Å². The minimum absolute atomic E-state index is 0.298. The van der Waals surface area contributed by atoms with Gasteiger partial charge >= 0.3 is 0 Å². The lowest BCUT2D eigenvalue weighted by molar-refractivity contribution is 0.387. The van der Waals surface area contributed by atoms with Crippen LogP contribution in [-0.4, -0.2) is 55.5 Å². The van der Waals surface area contributed by atoms with Gasteiger partial charge in [0.15, 0.2) is 5.11 Å². The molecule has 1 heterocycles. The van der Waals surface area contributed by atoms with Crippen LogP contribution in [0.4, 0.5) is 17.5 Å². The maximum Gasteiger partial charge on any atom is 0.224 e. The van der Waals surface area contributed by atoms with Crippen molar-refractivity contribution in [3.63, 3.8) is 0 Å². The van der Waals surface area contributed by atoms with Crippen LogP contribution in [0, 0.1) is 0 Å². The monoisotopic (exact) mass is 464 g/mol. The fourth-order valence-corrected chi connectivity index (χ4v) is 4.05. The number of nitrogens with zero attached hydrogens (tertiary/aromatic N) is 3. The standard InChI is InChI=1S/C21H29ClN6O2S/c1-28(2)19-9-10-23-20(27-19)24-13-5-7-14(8-6-13)25-21(31)26-16-11-15(22)17(29-3)12-18(16)30-4/h9-14H,5-8H2,1-4H3,(H,23,24,27)(H2,25,26,31). The minimum atomic E-state index is 0.298. The summed E-state index contributed by atoms with van der Waals surface area (Å²) in [6.45, 7) is 0. The molecule has 0 bridgehead atoms. The summed E-state index contributed by atoms with van der Waals surface area (Å²) in [7, 11) is 7.09. The highest BCUT2D eigenvalue weighted by Crippen LogP contribution is 2.36. The molecule has 8 nitrogen and oxygen atoms in total. The van der Waals surface area contributed by atoms with Gasteiger partial charge in [-0.3, -0.25) is 0 Å². The zero-order chi connectivity index (χ0) is 22.4. The second-order valence-electron chi connectivity index (χ2n) is 7.61. The van der Waals surface area contributed by atoms with Gasteiger partial charge < -0.3 is 30.3 Å². The molecule has 2 aromatic rings. The number of methoxy groups -OCH3 is 2. The Morgan fingerprint density at radius 1 is 1.10 bits per heavy atom. The Kier molecular flexibility index (Phi) is 7.97. The van der Waals surface area contributed by atoms with Gasteiger partial charge in [-0.1, -0.05) is 11.6 Å². The topological polar surface area (TPSA) is 83.6 Å². The number of hydrogen-bond acceptors (Lipinski definition) is 7. The average molecular weight is 465 g/mol. The second-order valence-corrected chi connectivity index (χ2v) is 8.43. The van der Waals surface area contributed by atoms with E-state index in [2.05, 4.69) is 25.9 Å². The van der Waals surface area contributed by atoms with Crippen molar-refractivity contribution < 1.29 is 9.47 Å². The number of hydrogen-bond donors (Lipinski definition) is 3. The van der Waals surface area contributed by atoms with Crippen LogP contribution in [0.25, 0.3) is 0 Å². The van der Waals surface area contributed by atoms with Crippen LogP contribution in [0.1, 0.15) is 25.7 Å². The first-order chi connectivity index (χ1) is 14.9. The fraction of sp³-hybridized carbons (Fsp3) is 0.476. The van der Waals surface area contributed by atoms with Crippen LogP contribution < -0.4 is 30.3 Å². The predicted octanol–water partition coefficient (Wildman–Crippen LogP) is 3.92. The summed E-state index contributed by atoms with van der Waals surface area (Å²) < 4.78 is 10.7. The molecule has 168 valence electrons. The molecule has 0 radical (unpaired) electrons. The molecule has 1 aliphatic rings. The molecule has 0 atom stereocenters. The smallest absolute Gasteiger partial charge is 0.224 e. The summed E-state index contributed by atoms with van der Waals surface area (Å²) in [5.74, 6) is 2.72. The fourth-order valence-electron chi connectivity index (χ4n) is 3.53.